The number of hydrogen-bond acceptors (Lipinski definition) is 2. The molecule has 2 unspecified atom stereocenters. The van der Waals surface area contributed by atoms with Crippen LogP contribution in [-0.4, -0.2) is 18.3 Å². The van der Waals surface area contributed by atoms with E-state index in [0.29, 0.717) is 29.7 Å². The third kappa shape index (κ3) is 7.55. The molecule has 0 spiro atoms. The molecule has 0 aromatic heterocycles. The van der Waals surface area contributed by atoms with Crippen molar-refractivity contribution in [2.45, 2.75) is 91.3 Å². The second kappa shape index (κ2) is 13.2. The van der Waals surface area contributed by atoms with Crippen molar-refractivity contribution in [1.29, 1.82) is 0 Å². The van der Waals surface area contributed by atoms with Gasteiger partial charge in [0, 0.05) is 17.3 Å². The van der Waals surface area contributed by atoms with E-state index in [9.17, 15) is 13.2 Å². The monoisotopic (exact) mass is 498 g/mol. The van der Waals surface area contributed by atoms with Gasteiger partial charge < -0.3 is 5.32 Å². The highest BCUT2D eigenvalue weighted by atomic mass is 19.4. The molecule has 2 aromatic rings. The van der Waals surface area contributed by atoms with Crippen molar-refractivity contribution in [2.75, 3.05) is 6.54 Å². The highest BCUT2D eigenvalue weighted by Crippen LogP contribution is 2.35. The Morgan fingerprint density at radius 1 is 1.06 bits per heavy atom. The summed E-state index contributed by atoms with van der Waals surface area (Å²) in [5.74, 6) is 0.269. The number of aliphatic imine (C=N–C) groups is 1. The first-order chi connectivity index (χ1) is 17.3. The molecule has 1 fully saturated rings. The maximum absolute atomic E-state index is 14.1. The van der Waals surface area contributed by atoms with Gasteiger partial charge in [-0.15, -0.1) is 0 Å². The van der Waals surface area contributed by atoms with Gasteiger partial charge in [-0.1, -0.05) is 69.7 Å². The number of hydrogen-bond donors (Lipinski definition) is 1. The van der Waals surface area contributed by atoms with Crippen LogP contribution in [0.3, 0.4) is 0 Å². The van der Waals surface area contributed by atoms with E-state index in [1.807, 2.05) is 25.1 Å². The van der Waals surface area contributed by atoms with Gasteiger partial charge in [0.1, 0.15) is 0 Å². The topological polar surface area (TPSA) is 24.4 Å². The SMILES string of the molecule is C/C=C(\N=C(C(C)CC)C1CCCN1)c1ccc(CCc2ccc(CCCC)cc2)c(C(F)(F)F)c1. The fraction of sp³-hybridized carbons (Fsp3) is 0.516. The summed E-state index contributed by atoms with van der Waals surface area (Å²) in [6, 6.07) is 13.2. The van der Waals surface area contributed by atoms with Crippen molar-refractivity contribution in [3.05, 3.63) is 76.4 Å². The Kier molecular flexibility index (Phi) is 10.4. The van der Waals surface area contributed by atoms with E-state index in [2.05, 4.69) is 38.2 Å². The maximum atomic E-state index is 14.1. The summed E-state index contributed by atoms with van der Waals surface area (Å²) in [7, 11) is 0. The summed E-state index contributed by atoms with van der Waals surface area (Å²) in [4.78, 5) is 4.94. The Morgan fingerprint density at radius 2 is 1.75 bits per heavy atom. The molecule has 0 saturated carbocycles. The smallest absolute Gasteiger partial charge is 0.309 e. The standard InChI is InChI=1S/C31H41F3N2/c1-5-8-10-23-12-14-24(15-13-23)16-17-25-18-19-26(21-27(25)31(32,33)34)28(7-3)36-30(22(4)6-2)29-11-9-20-35-29/h7,12-15,18-19,21-22,29,35H,5-6,8-11,16-17,20H2,1-4H3/b28-7-,36-30?. The van der Waals surface area contributed by atoms with Crippen LogP contribution < -0.4 is 5.32 Å². The summed E-state index contributed by atoms with van der Waals surface area (Å²) in [5.41, 5.74) is 4.30. The molecular weight excluding hydrogens is 457 g/mol. The summed E-state index contributed by atoms with van der Waals surface area (Å²) in [6.45, 7) is 9.24. The minimum absolute atomic E-state index is 0.199. The lowest BCUT2D eigenvalue weighted by atomic mass is 9.94. The molecule has 1 N–H and O–H groups in total. The average Bonchev–Trinajstić information content (AvgIpc) is 3.41. The second-order valence-corrected chi connectivity index (χ2v) is 9.96. The number of unbranched alkanes of at least 4 members (excludes halogenated alkanes) is 1. The second-order valence-electron chi connectivity index (χ2n) is 9.96. The fourth-order valence-corrected chi connectivity index (χ4v) is 4.86. The molecule has 0 bridgehead atoms. The number of benzene rings is 2. The third-order valence-electron chi connectivity index (χ3n) is 7.29. The quantitative estimate of drug-likeness (QED) is 0.309. The van der Waals surface area contributed by atoms with Gasteiger partial charge in [-0.2, -0.15) is 13.2 Å². The summed E-state index contributed by atoms with van der Waals surface area (Å²) < 4.78 is 42.4. The van der Waals surface area contributed by atoms with E-state index in [4.69, 9.17) is 4.99 Å². The van der Waals surface area contributed by atoms with Gasteiger partial charge in [0.2, 0.25) is 0 Å². The van der Waals surface area contributed by atoms with E-state index in [0.717, 1.165) is 56.3 Å². The van der Waals surface area contributed by atoms with Crippen molar-refractivity contribution < 1.29 is 13.2 Å². The Balaban J connectivity index is 1.84. The van der Waals surface area contributed by atoms with E-state index < -0.39 is 11.7 Å². The highest BCUT2D eigenvalue weighted by Gasteiger charge is 2.34. The van der Waals surface area contributed by atoms with Crippen LogP contribution in [0.5, 0.6) is 0 Å². The maximum Gasteiger partial charge on any atom is 0.416 e. The zero-order valence-corrected chi connectivity index (χ0v) is 22.2. The number of alkyl halides is 3. The Labute approximate surface area is 215 Å². The lowest BCUT2D eigenvalue weighted by Crippen LogP contribution is -2.34. The van der Waals surface area contributed by atoms with Crippen LogP contribution >= 0.6 is 0 Å². The molecule has 1 aliphatic rings. The first kappa shape index (κ1) is 28.2. The summed E-state index contributed by atoms with van der Waals surface area (Å²) in [6.07, 6.45) is 4.74. The number of allylic oxidation sites excluding steroid dienone is 1. The normalized spacial score (nSPS) is 18.0. The predicted molar refractivity (Wildman–Crippen MR) is 145 cm³/mol. The molecule has 3 rings (SSSR count). The average molecular weight is 499 g/mol. The summed E-state index contributed by atoms with van der Waals surface area (Å²) >= 11 is 0. The molecular formula is C31H41F3N2. The lowest BCUT2D eigenvalue weighted by molar-refractivity contribution is -0.138. The van der Waals surface area contributed by atoms with Crippen LogP contribution in [0.4, 0.5) is 13.2 Å². The molecule has 1 heterocycles. The first-order valence-electron chi connectivity index (χ1n) is 13.5. The molecule has 2 atom stereocenters. The number of nitrogens with zero attached hydrogens (tertiary/aromatic N) is 1. The summed E-state index contributed by atoms with van der Waals surface area (Å²) in [5, 5.41) is 3.51. The lowest BCUT2D eigenvalue weighted by Gasteiger charge is -2.21. The molecule has 0 aliphatic carbocycles. The molecule has 1 aliphatic heterocycles. The first-order valence-corrected chi connectivity index (χ1v) is 13.5. The van der Waals surface area contributed by atoms with Crippen LogP contribution in [0.1, 0.15) is 87.6 Å². The predicted octanol–water partition coefficient (Wildman–Crippen LogP) is 8.43. The van der Waals surface area contributed by atoms with Crippen molar-refractivity contribution in [3.8, 4) is 0 Å². The largest absolute Gasteiger partial charge is 0.416 e. The van der Waals surface area contributed by atoms with Crippen molar-refractivity contribution in [1.82, 2.24) is 5.32 Å². The molecule has 5 heteroatoms. The van der Waals surface area contributed by atoms with Crippen molar-refractivity contribution >= 4 is 11.4 Å². The minimum Gasteiger partial charge on any atom is -0.309 e. The van der Waals surface area contributed by atoms with Gasteiger partial charge in [-0.05, 0) is 87.1 Å². The molecule has 0 radical (unpaired) electrons. The van der Waals surface area contributed by atoms with Crippen molar-refractivity contribution in [3.63, 3.8) is 0 Å². The molecule has 2 aromatic carbocycles. The van der Waals surface area contributed by atoms with Gasteiger partial charge >= 0.3 is 6.18 Å². The Morgan fingerprint density at radius 3 is 2.31 bits per heavy atom. The van der Waals surface area contributed by atoms with Crippen LogP contribution in [0, 0.1) is 5.92 Å². The fourth-order valence-electron chi connectivity index (χ4n) is 4.86. The zero-order chi connectivity index (χ0) is 26.1. The van der Waals surface area contributed by atoms with Crippen LogP contribution in [-0.2, 0) is 25.4 Å². The van der Waals surface area contributed by atoms with Gasteiger partial charge in [0.25, 0.3) is 0 Å². The van der Waals surface area contributed by atoms with E-state index in [1.165, 1.54) is 11.6 Å². The molecule has 2 nitrogen and oxygen atoms in total. The van der Waals surface area contributed by atoms with E-state index in [1.54, 1.807) is 12.1 Å². The van der Waals surface area contributed by atoms with Crippen molar-refractivity contribution in [2.24, 2.45) is 10.9 Å². The Bertz CT molecular complexity index is 1030. The number of aryl methyl sites for hydroxylation is 3. The highest BCUT2D eigenvalue weighted by molar-refractivity contribution is 5.95. The number of rotatable bonds is 11. The Hall–Kier alpha value is -2.40. The number of halogens is 3. The van der Waals surface area contributed by atoms with E-state index >= 15 is 0 Å². The van der Waals surface area contributed by atoms with Crippen LogP contribution in [0.2, 0.25) is 0 Å². The minimum atomic E-state index is -4.41. The van der Waals surface area contributed by atoms with Crippen LogP contribution in [0.15, 0.2) is 53.5 Å². The van der Waals surface area contributed by atoms with Gasteiger partial charge in [-0.25, -0.2) is 0 Å². The molecule has 36 heavy (non-hydrogen) atoms. The number of nitrogens with one attached hydrogen (secondary N) is 1. The molecule has 1 saturated heterocycles. The van der Waals surface area contributed by atoms with Gasteiger partial charge in [0.05, 0.1) is 11.3 Å². The third-order valence-corrected chi connectivity index (χ3v) is 7.29. The zero-order valence-electron chi connectivity index (χ0n) is 22.2. The molecule has 0 amide bonds. The van der Waals surface area contributed by atoms with Gasteiger partial charge in [-0.3, -0.25) is 4.99 Å². The van der Waals surface area contributed by atoms with Crippen LogP contribution in [0.25, 0.3) is 5.70 Å². The van der Waals surface area contributed by atoms with E-state index in [-0.39, 0.29) is 12.0 Å². The van der Waals surface area contributed by atoms with Gasteiger partial charge in [0.15, 0.2) is 0 Å². The molecule has 196 valence electrons.